The van der Waals surface area contributed by atoms with Gasteiger partial charge in [0.15, 0.2) is 9.84 Å². The van der Waals surface area contributed by atoms with Crippen molar-refractivity contribution >= 4 is 21.4 Å². The lowest BCUT2D eigenvalue weighted by molar-refractivity contribution is -0.148. The Morgan fingerprint density at radius 1 is 1.17 bits per heavy atom. The molecule has 6 nitrogen and oxygen atoms in total. The molecule has 0 saturated heterocycles. The molecule has 1 aliphatic rings. The molecule has 0 bridgehead atoms. The lowest BCUT2D eigenvalue weighted by Gasteiger charge is -2.22. The highest BCUT2D eigenvalue weighted by Crippen LogP contribution is 2.40. The summed E-state index contributed by atoms with van der Waals surface area (Å²) in [6.07, 6.45) is -0.221. The summed E-state index contributed by atoms with van der Waals surface area (Å²) in [5.41, 5.74) is 0.239. The second-order valence-electron chi connectivity index (χ2n) is 6.46. The fourth-order valence-corrected chi connectivity index (χ4v) is 3.07. The molecule has 1 aromatic carbocycles. The number of cyclic esters (lactones) is 1. The van der Waals surface area contributed by atoms with Crippen LogP contribution >= 0.6 is 0 Å². The van der Waals surface area contributed by atoms with E-state index in [0.29, 0.717) is 11.1 Å². The van der Waals surface area contributed by atoms with E-state index in [1.807, 2.05) is 0 Å². The normalized spacial score (nSPS) is 19.8. The Bertz CT molecular complexity index is 772. The maximum absolute atomic E-state index is 12.2. The SMILES string of the molecule is CC(O)[C@@H](C)OC1=C(c2ccc(S(C)(=O)=O)cc2)C(C)(C)OC1=O. The monoisotopic (exact) mass is 354 g/mol. The zero-order chi connectivity index (χ0) is 18.3. The largest absolute Gasteiger partial charge is 0.480 e. The van der Waals surface area contributed by atoms with Gasteiger partial charge in [0.1, 0.15) is 11.7 Å². The molecule has 1 unspecified atom stereocenters. The maximum Gasteiger partial charge on any atom is 0.374 e. The summed E-state index contributed by atoms with van der Waals surface area (Å²) in [6, 6.07) is 6.19. The number of esters is 1. The number of benzene rings is 1. The van der Waals surface area contributed by atoms with Gasteiger partial charge < -0.3 is 14.6 Å². The molecule has 0 aromatic heterocycles. The minimum atomic E-state index is -3.30. The van der Waals surface area contributed by atoms with E-state index < -0.39 is 33.6 Å². The first-order valence-electron chi connectivity index (χ1n) is 7.57. The van der Waals surface area contributed by atoms with Gasteiger partial charge >= 0.3 is 5.97 Å². The lowest BCUT2D eigenvalue weighted by Crippen LogP contribution is -2.24. The summed E-state index contributed by atoms with van der Waals surface area (Å²) in [7, 11) is -3.30. The summed E-state index contributed by atoms with van der Waals surface area (Å²) in [5, 5.41) is 9.61. The number of rotatable bonds is 5. The molecule has 0 aliphatic carbocycles. The Labute approximate surface area is 142 Å². The van der Waals surface area contributed by atoms with E-state index in [0.717, 1.165) is 6.26 Å². The second kappa shape index (κ2) is 6.22. The fourth-order valence-electron chi connectivity index (χ4n) is 2.44. The Kier molecular flexibility index (Phi) is 4.79. The molecule has 1 heterocycles. The Morgan fingerprint density at radius 3 is 2.17 bits per heavy atom. The minimum Gasteiger partial charge on any atom is -0.480 e. The molecule has 24 heavy (non-hydrogen) atoms. The van der Waals surface area contributed by atoms with Crippen LogP contribution in [0, 0.1) is 0 Å². The molecular weight excluding hydrogens is 332 g/mol. The molecule has 0 radical (unpaired) electrons. The van der Waals surface area contributed by atoms with Gasteiger partial charge in [0, 0.05) is 6.26 Å². The van der Waals surface area contributed by atoms with Crippen LogP contribution in [0.2, 0.25) is 0 Å². The first-order chi connectivity index (χ1) is 10.9. The van der Waals surface area contributed by atoms with Gasteiger partial charge in [0.2, 0.25) is 5.76 Å². The molecule has 1 aliphatic heterocycles. The van der Waals surface area contributed by atoms with E-state index in [1.165, 1.54) is 12.1 Å². The molecule has 2 atom stereocenters. The molecule has 1 aromatic rings. The highest BCUT2D eigenvalue weighted by atomic mass is 32.2. The van der Waals surface area contributed by atoms with Crippen LogP contribution < -0.4 is 0 Å². The highest BCUT2D eigenvalue weighted by molar-refractivity contribution is 7.90. The van der Waals surface area contributed by atoms with Crippen LogP contribution in [0.25, 0.3) is 5.57 Å². The van der Waals surface area contributed by atoms with E-state index >= 15 is 0 Å². The number of hydrogen-bond donors (Lipinski definition) is 1. The fraction of sp³-hybridized carbons (Fsp3) is 0.471. The third-order valence-corrected chi connectivity index (χ3v) is 5.05. The number of carbonyl (C=O) groups excluding carboxylic acids is 1. The highest BCUT2D eigenvalue weighted by Gasteiger charge is 2.43. The van der Waals surface area contributed by atoms with Gasteiger partial charge in [0.05, 0.1) is 16.6 Å². The second-order valence-corrected chi connectivity index (χ2v) is 8.48. The van der Waals surface area contributed by atoms with E-state index in [4.69, 9.17) is 9.47 Å². The van der Waals surface area contributed by atoms with Crippen molar-refractivity contribution in [1.29, 1.82) is 0 Å². The first-order valence-corrected chi connectivity index (χ1v) is 9.46. The predicted octanol–water partition coefficient (Wildman–Crippen LogP) is 1.92. The first kappa shape index (κ1) is 18.5. The smallest absolute Gasteiger partial charge is 0.374 e. The summed E-state index contributed by atoms with van der Waals surface area (Å²) in [4.78, 5) is 12.4. The van der Waals surface area contributed by atoms with Crippen molar-refractivity contribution in [3.05, 3.63) is 35.6 Å². The molecule has 0 spiro atoms. The van der Waals surface area contributed by atoms with E-state index in [-0.39, 0.29) is 10.7 Å². The third kappa shape index (κ3) is 3.62. The van der Waals surface area contributed by atoms with Crippen molar-refractivity contribution < 1.29 is 27.8 Å². The van der Waals surface area contributed by atoms with Crippen LogP contribution in [0.4, 0.5) is 0 Å². The van der Waals surface area contributed by atoms with Gasteiger partial charge in [-0.3, -0.25) is 0 Å². The Balaban J connectivity index is 2.52. The van der Waals surface area contributed by atoms with Crippen LogP contribution in [-0.2, 0) is 24.1 Å². The number of sulfone groups is 1. The number of aliphatic hydroxyl groups excluding tert-OH is 1. The molecule has 132 valence electrons. The summed E-state index contributed by atoms with van der Waals surface area (Å²) in [6.45, 7) is 6.68. The zero-order valence-corrected chi connectivity index (χ0v) is 15.2. The number of ether oxygens (including phenoxy) is 2. The number of hydrogen-bond acceptors (Lipinski definition) is 6. The van der Waals surface area contributed by atoms with E-state index in [1.54, 1.807) is 39.8 Å². The van der Waals surface area contributed by atoms with Gasteiger partial charge in [-0.2, -0.15) is 0 Å². The summed E-state index contributed by atoms with van der Waals surface area (Å²) >= 11 is 0. The van der Waals surface area contributed by atoms with Crippen LogP contribution in [0.5, 0.6) is 0 Å². The minimum absolute atomic E-state index is 0.0421. The Hall–Kier alpha value is -1.86. The van der Waals surface area contributed by atoms with Gasteiger partial charge in [-0.25, -0.2) is 13.2 Å². The van der Waals surface area contributed by atoms with E-state index in [2.05, 4.69) is 0 Å². The van der Waals surface area contributed by atoms with Crippen LogP contribution in [0.15, 0.2) is 34.9 Å². The molecule has 2 rings (SSSR count). The van der Waals surface area contributed by atoms with Crippen LogP contribution in [0.1, 0.15) is 33.3 Å². The Morgan fingerprint density at radius 2 is 1.71 bits per heavy atom. The van der Waals surface area contributed by atoms with Gasteiger partial charge in [-0.05, 0) is 45.4 Å². The summed E-state index contributed by atoms with van der Waals surface area (Å²) < 4.78 is 34.2. The van der Waals surface area contributed by atoms with Crippen molar-refractivity contribution in [1.82, 2.24) is 0 Å². The van der Waals surface area contributed by atoms with Crippen molar-refractivity contribution in [2.75, 3.05) is 6.26 Å². The van der Waals surface area contributed by atoms with Crippen molar-refractivity contribution in [3.8, 4) is 0 Å². The van der Waals surface area contributed by atoms with Gasteiger partial charge in [0.25, 0.3) is 0 Å². The standard InChI is InChI=1S/C17H22O6S/c1-10(18)11(2)22-15-14(17(3,4)23-16(15)19)12-6-8-13(9-7-12)24(5,20)21/h6-11,18H,1-5H3/t10?,11-/m1/s1. The average Bonchev–Trinajstić information content (AvgIpc) is 2.67. The molecule has 0 amide bonds. The van der Waals surface area contributed by atoms with Crippen molar-refractivity contribution in [2.45, 2.75) is 50.4 Å². The molecular formula is C17H22O6S. The maximum atomic E-state index is 12.2. The predicted molar refractivity (Wildman–Crippen MR) is 88.9 cm³/mol. The lowest BCUT2D eigenvalue weighted by atomic mass is 9.92. The zero-order valence-electron chi connectivity index (χ0n) is 14.4. The number of carbonyl (C=O) groups is 1. The molecule has 0 fully saturated rings. The quantitative estimate of drug-likeness (QED) is 0.813. The van der Waals surface area contributed by atoms with Gasteiger partial charge in [-0.1, -0.05) is 12.1 Å². The third-order valence-electron chi connectivity index (χ3n) is 3.92. The van der Waals surface area contributed by atoms with Crippen molar-refractivity contribution in [2.24, 2.45) is 0 Å². The van der Waals surface area contributed by atoms with Crippen molar-refractivity contribution in [3.63, 3.8) is 0 Å². The molecule has 7 heteroatoms. The van der Waals surface area contributed by atoms with Gasteiger partial charge in [-0.15, -0.1) is 0 Å². The van der Waals surface area contributed by atoms with Crippen LogP contribution in [-0.4, -0.2) is 43.6 Å². The molecule has 0 saturated carbocycles. The molecule has 1 N–H and O–H groups in total. The van der Waals surface area contributed by atoms with E-state index in [9.17, 15) is 18.3 Å². The summed E-state index contributed by atoms with van der Waals surface area (Å²) in [5.74, 6) is -0.560. The average molecular weight is 354 g/mol. The topological polar surface area (TPSA) is 89.9 Å². The van der Waals surface area contributed by atoms with Crippen LogP contribution in [0.3, 0.4) is 0 Å². The number of aliphatic hydroxyl groups is 1.